The van der Waals surface area contributed by atoms with Crippen molar-refractivity contribution in [3.05, 3.63) is 40.6 Å². The van der Waals surface area contributed by atoms with Crippen LogP contribution in [0.3, 0.4) is 0 Å². The third-order valence-corrected chi connectivity index (χ3v) is 5.51. The average Bonchev–Trinajstić information content (AvgIpc) is 2.81. The van der Waals surface area contributed by atoms with E-state index in [0.717, 1.165) is 31.2 Å². The first-order valence-corrected chi connectivity index (χ1v) is 10.5. The van der Waals surface area contributed by atoms with Crippen LogP contribution in [-0.2, 0) is 14.3 Å². The van der Waals surface area contributed by atoms with Gasteiger partial charge in [0.25, 0.3) is 0 Å². The molecule has 192 valence electrons. The zero-order valence-corrected chi connectivity index (χ0v) is 18.6. The number of ether oxygens (including phenoxy) is 3. The number of carbonyl (C=O) groups is 1. The van der Waals surface area contributed by atoms with E-state index in [0.29, 0.717) is 0 Å². The number of aliphatic hydroxyl groups excluding tert-OH is 3. The van der Waals surface area contributed by atoms with Gasteiger partial charge in [-0.2, -0.15) is 0 Å². The lowest BCUT2D eigenvalue weighted by Gasteiger charge is -2.41. The zero-order chi connectivity index (χ0) is 26.3. The van der Waals surface area contributed by atoms with E-state index in [2.05, 4.69) is 0 Å². The fraction of sp³-hybridized carbons (Fsp3) is 0.304. The lowest BCUT2D eigenvalue weighted by Crippen LogP contribution is -2.61. The summed E-state index contributed by atoms with van der Waals surface area (Å²) in [4.78, 5) is 24.9. The molecule has 0 radical (unpaired) electrons. The number of phenols is 4. The van der Waals surface area contributed by atoms with Crippen LogP contribution in [0.25, 0.3) is 22.3 Å². The molecule has 13 nitrogen and oxygen atoms in total. The Morgan fingerprint density at radius 3 is 2.36 bits per heavy atom. The van der Waals surface area contributed by atoms with Gasteiger partial charge in [-0.3, -0.25) is 9.59 Å². The molecule has 0 saturated carbocycles. The van der Waals surface area contributed by atoms with E-state index in [4.69, 9.17) is 18.6 Å². The molecule has 0 spiro atoms. The van der Waals surface area contributed by atoms with E-state index < -0.39 is 82.8 Å². The third-order valence-electron chi connectivity index (χ3n) is 5.51. The predicted molar refractivity (Wildman–Crippen MR) is 119 cm³/mol. The number of rotatable bonds is 5. The van der Waals surface area contributed by atoms with Gasteiger partial charge in [0.1, 0.15) is 34.7 Å². The molecule has 5 atom stereocenters. The summed E-state index contributed by atoms with van der Waals surface area (Å²) < 4.78 is 21.7. The Bertz CT molecular complexity index is 1360. The number of aromatic hydroxyl groups is 4. The van der Waals surface area contributed by atoms with Gasteiger partial charge >= 0.3 is 5.97 Å². The van der Waals surface area contributed by atoms with Gasteiger partial charge in [0.05, 0.1) is 6.61 Å². The minimum absolute atomic E-state index is 0.00251. The molecule has 4 rings (SSSR count). The second-order valence-electron chi connectivity index (χ2n) is 8.03. The molecule has 3 aromatic rings. The highest BCUT2D eigenvalue weighted by Gasteiger charge is 2.48. The summed E-state index contributed by atoms with van der Waals surface area (Å²) in [5.74, 6) is -4.00. The summed E-state index contributed by atoms with van der Waals surface area (Å²) >= 11 is 0. The van der Waals surface area contributed by atoms with E-state index in [9.17, 15) is 45.3 Å². The molecule has 36 heavy (non-hydrogen) atoms. The average molecular weight is 506 g/mol. The van der Waals surface area contributed by atoms with Gasteiger partial charge in [-0.25, -0.2) is 0 Å². The van der Waals surface area contributed by atoms with Gasteiger partial charge in [0, 0.05) is 24.6 Å². The molecule has 0 bridgehead atoms. The maximum absolute atomic E-state index is 13.4. The fourth-order valence-corrected chi connectivity index (χ4v) is 3.83. The Morgan fingerprint density at radius 2 is 1.72 bits per heavy atom. The molecule has 0 amide bonds. The number of hydrogen-bond acceptors (Lipinski definition) is 13. The minimum Gasteiger partial charge on any atom is -0.508 e. The lowest BCUT2D eigenvalue weighted by atomic mass is 9.99. The van der Waals surface area contributed by atoms with Gasteiger partial charge in [-0.05, 0) is 18.2 Å². The summed E-state index contributed by atoms with van der Waals surface area (Å²) in [6, 6.07) is 5.32. The zero-order valence-electron chi connectivity index (χ0n) is 18.6. The topological polar surface area (TPSA) is 217 Å². The monoisotopic (exact) mass is 506 g/mol. The van der Waals surface area contributed by atoms with Crippen LogP contribution in [-0.4, -0.2) is 79.0 Å². The smallest absolute Gasteiger partial charge is 0.303 e. The third kappa shape index (κ3) is 4.47. The van der Waals surface area contributed by atoms with Gasteiger partial charge in [-0.1, -0.05) is 0 Å². The first kappa shape index (κ1) is 25.1. The van der Waals surface area contributed by atoms with E-state index in [1.54, 1.807) is 0 Å². The predicted octanol–water partition coefficient (Wildman–Crippen LogP) is 0.0319. The SMILES string of the molecule is CC(=O)OC1[C@@H](O)C(CO)O[C@@H](Oc2c(-c3ccc(O)c(O)c3)oc3cc(O)cc(O)c3c2=O)[C@@H]1O. The molecule has 7 N–H and O–H groups in total. The second-order valence-corrected chi connectivity index (χ2v) is 8.03. The van der Waals surface area contributed by atoms with Crippen LogP contribution in [0.2, 0.25) is 0 Å². The van der Waals surface area contributed by atoms with Crippen LogP contribution in [0, 0.1) is 0 Å². The molecule has 13 heteroatoms. The van der Waals surface area contributed by atoms with Gasteiger partial charge in [0.15, 0.2) is 29.5 Å². The van der Waals surface area contributed by atoms with Gasteiger partial charge in [0.2, 0.25) is 17.5 Å². The van der Waals surface area contributed by atoms with Crippen molar-refractivity contribution in [2.75, 3.05) is 6.61 Å². The Balaban J connectivity index is 1.88. The molecule has 2 unspecified atom stereocenters. The molecule has 2 aromatic carbocycles. The molecular formula is C23H22O13. The Labute approximate surface area is 201 Å². The molecule has 1 aromatic heterocycles. The molecule has 1 saturated heterocycles. The normalized spacial score (nSPS) is 23.9. The molecular weight excluding hydrogens is 484 g/mol. The molecule has 1 aliphatic rings. The first-order chi connectivity index (χ1) is 17.0. The maximum Gasteiger partial charge on any atom is 0.303 e. The minimum atomic E-state index is -1.85. The summed E-state index contributed by atoms with van der Waals surface area (Å²) in [6.45, 7) is 0.265. The van der Waals surface area contributed by atoms with E-state index in [-0.39, 0.29) is 16.9 Å². The van der Waals surface area contributed by atoms with Gasteiger partial charge in [-0.15, -0.1) is 0 Å². The number of hydrogen-bond donors (Lipinski definition) is 7. The van der Waals surface area contributed by atoms with E-state index in [1.165, 1.54) is 6.07 Å². The number of esters is 1. The number of aliphatic hydroxyl groups is 3. The van der Waals surface area contributed by atoms with E-state index >= 15 is 0 Å². The van der Waals surface area contributed by atoms with Crippen LogP contribution in [0.4, 0.5) is 0 Å². The Hall–Kier alpha value is -4.04. The Morgan fingerprint density at radius 1 is 1.00 bits per heavy atom. The van der Waals surface area contributed by atoms with Crippen LogP contribution in [0.15, 0.2) is 39.5 Å². The number of phenolic OH excluding ortho intramolecular Hbond substituents is 4. The van der Waals surface area contributed by atoms with Crippen molar-refractivity contribution >= 4 is 16.9 Å². The molecule has 0 aliphatic carbocycles. The largest absolute Gasteiger partial charge is 0.508 e. The van der Waals surface area contributed by atoms with Crippen molar-refractivity contribution in [1.29, 1.82) is 0 Å². The molecule has 2 heterocycles. The van der Waals surface area contributed by atoms with Crippen molar-refractivity contribution in [3.63, 3.8) is 0 Å². The van der Waals surface area contributed by atoms with Crippen molar-refractivity contribution in [1.82, 2.24) is 0 Å². The van der Waals surface area contributed by atoms with Crippen LogP contribution >= 0.6 is 0 Å². The van der Waals surface area contributed by atoms with Crippen molar-refractivity contribution in [2.45, 2.75) is 37.6 Å². The van der Waals surface area contributed by atoms with E-state index in [1.807, 2.05) is 0 Å². The van der Waals surface area contributed by atoms with Crippen LogP contribution in [0.5, 0.6) is 28.7 Å². The molecule has 1 fully saturated rings. The first-order valence-electron chi connectivity index (χ1n) is 10.5. The van der Waals surface area contributed by atoms with Crippen molar-refractivity contribution < 1.29 is 59.2 Å². The summed E-state index contributed by atoms with van der Waals surface area (Å²) in [6.07, 6.45) is -8.27. The summed E-state index contributed by atoms with van der Waals surface area (Å²) in [5, 5.41) is 69.9. The molecule has 1 aliphatic heterocycles. The maximum atomic E-state index is 13.4. The van der Waals surface area contributed by atoms with Crippen molar-refractivity contribution in [2.24, 2.45) is 0 Å². The fourth-order valence-electron chi connectivity index (χ4n) is 3.83. The quantitative estimate of drug-likeness (QED) is 0.180. The summed E-state index contributed by atoms with van der Waals surface area (Å²) in [5.41, 5.74) is -1.25. The van der Waals surface area contributed by atoms with Crippen LogP contribution in [0.1, 0.15) is 6.92 Å². The summed E-state index contributed by atoms with van der Waals surface area (Å²) in [7, 11) is 0. The second kappa shape index (κ2) is 9.54. The highest BCUT2D eigenvalue weighted by atomic mass is 16.7. The van der Waals surface area contributed by atoms with Gasteiger partial charge < -0.3 is 54.4 Å². The number of carbonyl (C=O) groups excluding carboxylic acids is 1. The Kier molecular flexibility index (Phi) is 6.65. The standard InChI is InChI=1S/C23H22O13/c1-8(25)33-21-17(30)15(7-24)35-23(19(21)32)36-22-18(31)16-13(29)5-10(26)6-14(16)34-20(22)9-2-3-11(27)12(28)4-9/h2-6,15,17,19,21,23-24,26-30,32H,7H2,1H3/t15?,17-,19+,21?,23-/m0/s1. The highest BCUT2D eigenvalue weighted by Crippen LogP contribution is 2.39. The number of fused-ring (bicyclic) bond motifs is 1. The van der Waals surface area contributed by atoms with Crippen LogP contribution < -0.4 is 10.2 Å². The number of benzene rings is 2. The lowest BCUT2D eigenvalue weighted by molar-refractivity contribution is -0.281. The van der Waals surface area contributed by atoms with Crippen molar-refractivity contribution in [3.8, 4) is 40.1 Å². The highest BCUT2D eigenvalue weighted by molar-refractivity contribution is 5.88.